The van der Waals surface area contributed by atoms with E-state index in [2.05, 4.69) is 32.1 Å². The number of nitrogens with one attached hydrogen (secondary N) is 1. The van der Waals surface area contributed by atoms with Crippen molar-refractivity contribution in [3.8, 4) is 9.88 Å². The molecule has 120 valence electrons. The van der Waals surface area contributed by atoms with Crippen LogP contribution in [0.5, 0.6) is 0 Å². The number of pyridine rings is 1. The normalized spacial score (nSPS) is 10.7. The smallest absolute Gasteiger partial charge is 0.133 e. The van der Waals surface area contributed by atoms with Crippen LogP contribution in [0.25, 0.3) is 9.88 Å². The van der Waals surface area contributed by atoms with Crippen molar-refractivity contribution in [3.63, 3.8) is 0 Å². The first-order chi connectivity index (χ1) is 11.3. The first-order valence-corrected chi connectivity index (χ1v) is 9.02. The predicted molar refractivity (Wildman–Crippen MR) is 97.3 cm³/mol. The van der Waals surface area contributed by atoms with E-state index in [9.17, 15) is 0 Å². The van der Waals surface area contributed by atoms with Crippen LogP contribution in [0.15, 0.2) is 41.2 Å². The SMILES string of the molecule is CN(CCO)c1ccc(NCc2csc(-c3cccs3)n2)nc1. The van der Waals surface area contributed by atoms with Gasteiger partial charge in [-0.2, -0.15) is 0 Å². The molecule has 0 spiro atoms. The Balaban J connectivity index is 1.58. The molecule has 0 radical (unpaired) electrons. The van der Waals surface area contributed by atoms with Crippen molar-refractivity contribution in [2.45, 2.75) is 6.54 Å². The molecule has 0 fully saturated rings. The van der Waals surface area contributed by atoms with Crippen molar-refractivity contribution in [3.05, 3.63) is 46.9 Å². The van der Waals surface area contributed by atoms with Gasteiger partial charge in [-0.05, 0) is 23.6 Å². The molecular weight excluding hydrogens is 328 g/mol. The fraction of sp³-hybridized carbons (Fsp3) is 0.250. The van der Waals surface area contributed by atoms with Crippen LogP contribution in [0.3, 0.4) is 0 Å². The van der Waals surface area contributed by atoms with Gasteiger partial charge in [0, 0.05) is 19.0 Å². The van der Waals surface area contributed by atoms with Crippen molar-refractivity contribution in [2.75, 3.05) is 30.4 Å². The number of thiophene rings is 1. The largest absolute Gasteiger partial charge is 0.395 e. The molecule has 7 heteroatoms. The molecule has 5 nitrogen and oxygen atoms in total. The lowest BCUT2D eigenvalue weighted by molar-refractivity contribution is 0.304. The van der Waals surface area contributed by atoms with Crippen LogP contribution in [0, 0.1) is 0 Å². The molecule has 3 aromatic heterocycles. The molecule has 0 atom stereocenters. The van der Waals surface area contributed by atoms with Crippen LogP contribution in [-0.4, -0.2) is 35.3 Å². The zero-order valence-corrected chi connectivity index (χ0v) is 14.4. The number of hydrogen-bond donors (Lipinski definition) is 2. The summed E-state index contributed by atoms with van der Waals surface area (Å²) < 4.78 is 0. The fourth-order valence-corrected chi connectivity index (χ4v) is 3.71. The van der Waals surface area contributed by atoms with Gasteiger partial charge < -0.3 is 15.3 Å². The maximum atomic E-state index is 8.95. The number of aromatic nitrogens is 2. The highest BCUT2D eigenvalue weighted by Gasteiger charge is 2.06. The van der Waals surface area contributed by atoms with Gasteiger partial charge in [0.25, 0.3) is 0 Å². The first kappa shape index (κ1) is 15.9. The van der Waals surface area contributed by atoms with Gasteiger partial charge in [-0.15, -0.1) is 22.7 Å². The highest BCUT2D eigenvalue weighted by molar-refractivity contribution is 7.20. The molecule has 3 aromatic rings. The molecule has 0 unspecified atom stereocenters. The molecule has 2 N–H and O–H groups in total. The Labute approximate surface area is 143 Å². The third kappa shape index (κ3) is 4.07. The summed E-state index contributed by atoms with van der Waals surface area (Å²) in [5.41, 5.74) is 2.00. The highest BCUT2D eigenvalue weighted by atomic mass is 32.1. The maximum Gasteiger partial charge on any atom is 0.133 e. The highest BCUT2D eigenvalue weighted by Crippen LogP contribution is 2.28. The molecule has 0 aromatic carbocycles. The second-order valence-electron chi connectivity index (χ2n) is 5.02. The summed E-state index contributed by atoms with van der Waals surface area (Å²) in [5.74, 6) is 0.817. The number of aliphatic hydroxyl groups is 1. The van der Waals surface area contributed by atoms with Crippen molar-refractivity contribution in [2.24, 2.45) is 0 Å². The molecule has 0 saturated heterocycles. The Morgan fingerprint density at radius 2 is 2.17 bits per heavy atom. The van der Waals surface area contributed by atoms with E-state index >= 15 is 0 Å². The van der Waals surface area contributed by atoms with Gasteiger partial charge in [-0.25, -0.2) is 9.97 Å². The zero-order chi connectivity index (χ0) is 16.1. The minimum Gasteiger partial charge on any atom is -0.395 e. The minimum absolute atomic E-state index is 0.132. The van der Waals surface area contributed by atoms with Crippen LogP contribution < -0.4 is 10.2 Å². The summed E-state index contributed by atoms with van der Waals surface area (Å²) in [7, 11) is 1.93. The third-order valence-corrected chi connectivity index (χ3v) is 5.29. The van der Waals surface area contributed by atoms with Gasteiger partial charge in [0.15, 0.2) is 0 Å². The Bertz CT molecular complexity index is 725. The molecule has 0 aliphatic rings. The quantitative estimate of drug-likeness (QED) is 0.687. The molecule has 3 heterocycles. The van der Waals surface area contributed by atoms with Gasteiger partial charge in [-0.1, -0.05) is 6.07 Å². The molecule has 0 saturated carbocycles. The Morgan fingerprint density at radius 3 is 2.87 bits per heavy atom. The van der Waals surface area contributed by atoms with Crippen LogP contribution in [-0.2, 0) is 6.54 Å². The van der Waals surface area contributed by atoms with Crippen LogP contribution >= 0.6 is 22.7 Å². The topological polar surface area (TPSA) is 61.3 Å². The zero-order valence-electron chi connectivity index (χ0n) is 12.8. The molecular formula is C16H18N4OS2. The number of likely N-dealkylation sites (N-methyl/N-ethyl adjacent to an activating group) is 1. The third-order valence-electron chi connectivity index (χ3n) is 3.36. The Hall–Kier alpha value is -1.96. The Kier molecular flexibility index (Phi) is 5.22. The monoisotopic (exact) mass is 346 g/mol. The van der Waals surface area contributed by atoms with Crippen molar-refractivity contribution in [1.82, 2.24) is 9.97 Å². The molecule has 0 aliphatic heterocycles. The molecule has 23 heavy (non-hydrogen) atoms. The molecule has 3 rings (SSSR count). The minimum atomic E-state index is 0.132. The van der Waals surface area contributed by atoms with Crippen molar-refractivity contribution in [1.29, 1.82) is 0 Å². The summed E-state index contributed by atoms with van der Waals surface area (Å²) in [6.07, 6.45) is 1.80. The van der Waals surface area contributed by atoms with E-state index in [4.69, 9.17) is 5.11 Å². The van der Waals surface area contributed by atoms with E-state index in [0.717, 1.165) is 22.2 Å². The number of rotatable bonds is 7. The van der Waals surface area contributed by atoms with Crippen LogP contribution in [0.2, 0.25) is 0 Å². The average molecular weight is 346 g/mol. The second kappa shape index (κ2) is 7.54. The number of aliphatic hydroxyl groups excluding tert-OH is 1. The summed E-state index contributed by atoms with van der Waals surface area (Å²) >= 11 is 3.37. The lowest BCUT2D eigenvalue weighted by Gasteiger charge is -2.17. The Morgan fingerprint density at radius 1 is 1.26 bits per heavy atom. The summed E-state index contributed by atoms with van der Waals surface area (Å²) in [5, 5.41) is 17.4. The van der Waals surface area contributed by atoms with Crippen LogP contribution in [0.4, 0.5) is 11.5 Å². The van der Waals surface area contributed by atoms with E-state index < -0.39 is 0 Å². The molecule has 0 amide bonds. The van der Waals surface area contributed by atoms with E-state index in [1.165, 1.54) is 4.88 Å². The first-order valence-electron chi connectivity index (χ1n) is 7.26. The van der Waals surface area contributed by atoms with Gasteiger partial charge in [-0.3, -0.25) is 0 Å². The number of thiazole rings is 1. The van der Waals surface area contributed by atoms with Gasteiger partial charge >= 0.3 is 0 Å². The van der Waals surface area contributed by atoms with E-state index in [1.807, 2.05) is 30.1 Å². The standard InChI is InChI=1S/C16H18N4OS2/c1-20(6-7-21)13-4-5-15(18-10-13)17-9-12-11-23-16(19-12)14-3-2-8-22-14/h2-5,8,10-11,21H,6-7,9H2,1H3,(H,17,18). The van der Waals surface area contributed by atoms with Crippen molar-refractivity contribution < 1.29 is 5.11 Å². The van der Waals surface area contributed by atoms with Crippen LogP contribution in [0.1, 0.15) is 5.69 Å². The number of anilines is 2. The van der Waals surface area contributed by atoms with E-state index in [0.29, 0.717) is 13.1 Å². The predicted octanol–water partition coefficient (Wildman–Crippen LogP) is 3.31. The van der Waals surface area contributed by atoms with E-state index in [1.54, 1.807) is 28.9 Å². The number of nitrogens with zero attached hydrogens (tertiary/aromatic N) is 3. The fourth-order valence-electron chi connectivity index (χ4n) is 2.08. The lowest BCUT2D eigenvalue weighted by atomic mass is 10.3. The molecule has 0 aliphatic carbocycles. The summed E-state index contributed by atoms with van der Waals surface area (Å²) in [6, 6.07) is 8.06. The molecule has 0 bridgehead atoms. The van der Waals surface area contributed by atoms with Gasteiger partial charge in [0.05, 0.1) is 35.6 Å². The second-order valence-corrected chi connectivity index (χ2v) is 6.83. The van der Waals surface area contributed by atoms with E-state index in [-0.39, 0.29) is 6.61 Å². The summed E-state index contributed by atoms with van der Waals surface area (Å²) in [6.45, 7) is 1.38. The van der Waals surface area contributed by atoms with Gasteiger partial charge in [0.2, 0.25) is 0 Å². The number of hydrogen-bond acceptors (Lipinski definition) is 7. The van der Waals surface area contributed by atoms with Gasteiger partial charge in [0.1, 0.15) is 10.8 Å². The average Bonchev–Trinajstić information content (AvgIpc) is 3.25. The lowest BCUT2D eigenvalue weighted by Crippen LogP contribution is -2.21. The van der Waals surface area contributed by atoms with Crippen molar-refractivity contribution >= 4 is 34.2 Å². The summed E-state index contributed by atoms with van der Waals surface area (Å²) in [4.78, 5) is 12.2. The maximum absolute atomic E-state index is 8.95.